The molecule has 0 saturated carbocycles. The van der Waals surface area contributed by atoms with E-state index >= 15 is 0 Å². The molecule has 1 amide bonds. The highest BCUT2D eigenvalue weighted by molar-refractivity contribution is 6.33. The van der Waals surface area contributed by atoms with E-state index in [2.05, 4.69) is 5.32 Å². The summed E-state index contributed by atoms with van der Waals surface area (Å²) >= 11 is 5.85. The first-order valence-corrected chi connectivity index (χ1v) is 10.9. The fourth-order valence-electron chi connectivity index (χ4n) is 3.11. The number of carbonyl (C=O) groups is 3. The molecule has 3 aromatic rings. The first-order valence-electron chi connectivity index (χ1n) is 10.5. The predicted molar refractivity (Wildman–Crippen MR) is 129 cm³/mol. The van der Waals surface area contributed by atoms with Gasteiger partial charge in [-0.1, -0.05) is 17.7 Å². The number of anilines is 1. The van der Waals surface area contributed by atoms with E-state index in [1.165, 1.54) is 54.6 Å². The average Bonchev–Trinajstić information content (AvgIpc) is 3.30. The van der Waals surface area contributed by atoms with E-state index in [9.17, 15) is 32.7 Å². The Morgan fingerprint density at radius 1 is 1.14 bits per heavy atom. The van der Waals surface area contributed by atoms with Gasteiger partial charge in [0.2, 0.25) is 0 Å². The Morgan fingerprint density at radius 3 is 2.51 bits per heavy atom. The number of furan rings is 1. The second-order valence-corrected chi connectivity index (χ2v) is 7.80. The van der Waals surface area contributed by atoms with Crippen molar-refractivity contribution < 1.29 is 41.8 Å². The molecule has 0 atom stereocenters. The zero-order chi connectivity index (χ0) is 27.3. The molecule has 1 heterocycles. The molecule has 0 aliphatic heterocycles. The third kappa shape index (κ3) is 6.64. The maximum atomic E-state index is 13.4. The Balaban J connectivity index is 1.95. The second kappa shape index (κ2) is 11.1. The quantitative estimate of drug-likeness (QED) is 0.182. The van der Waals surface area contributed by atoms with E-state index in [0.717, 1.165) is 6.08 Å². The molecule has 3 rings (SSSR count). The van der Waals surface area contributed by atoms with E-state index in [0.29, 0.717) is 0 Å². The number of hydrogen-bond donors (Lipinski definition) is 3. The minimum atomic E-state index is -5.15. The third-order valence-electron chi connectivity index (χ3n) is 4.82. The molecule has 192 valence electrons. The topological polar surface area (TPSA) is 130 Å². The summed E-state index contributed by atoms with van der Waals surface area (Å²) in [5.41, 5.74) is -2.86. The molecule has 3 N–H and O–H groups in total. The van der Waals surface area contributed by atoms with Crippen molar-refractivity contribution in [1.82, 2.24) is 0 Å². The second-order valence-electron chi connectivity index (χ2n) is 7.39. The highest BCUT2D eigenvalue weighted by Gasteiger charge is 2.39. The third-order valence-corrected chi connectivity index (χ3v) is 5.15. The van der Waals surface area contributed by atoms with E-state index in [4.69, 9.17) is 26.2 Å². The molecule has 0 aliphatic carbocycles. The fraction of sp³-hybridized carbons (Fsp3) is 0.120. The van der Waals surface area contributed by atoms with Crippen LogP contribution in [0.5, 0.6) is 0 Å². The Kier molecular flexibility index (Phi) is 8.18. The van der Waals surface area contributed by atoms with Gasteiger partial charge in [-0.25, -0.2) is 9.59 Å². The van der Waals surface area contributed by atoms with Gasteiger partial charge < -0.3 is 19.6 Å². The smallest absolute Gasteiger partial charge is 0.433 e. The van der Waals surface area contributed by atoms with Crippen LogP contribution in [0.25, 0.3) is 17.4 Å². The highest BCUT2D eigenvalue weighted by Crippen LogP contribution is 2.29. The lowest BCUT2D eigenvalue weighted by Gasteiger charge is -2.13. The van der Waals surface area contributed by atoms with Crippen LogP contribution in [0.15, 0.2) is 64.6 Å². The summed E-state index contributed by atoms with van der Waals surface area (Å²) in [7, 11) is 0. The normalized spacial score (nSPS) is 11.6. The number of amides is 1. The summed E-state index contributed by atoms with van der Waals surface area (Å²) in [6, 6.07) is 12.0. The number of carboxylic acids is 1. The summed E-state index contributed by atoms with van der Waals surface area (Å²) in [4.78, 5) is 36.0. The Hall–Kier alpha value is -4.38. The SMILES string of the molecule is CCOC(=O)c1cccc(NC(=O)/C(=C\c2ccc(-c3ccc(Cl)c(C(=O)O)c3)o2)C(=N)C(F)(F)F)c1. The molecule has 0 aliphatic rings. The number of alkyl halides is 3. The number of aromatic carboxylic acids is 1. The number of halogens is 4. The van der Waals surface area contributed by atoms with Gasteiger partial charge in [0.05, 0.1) is 28.3 Å². The van der Waals surface area contributed by atoms with E-state index < -0.39 is 35.3 Å². The molecule has 2 aromatic carbocycles. The van der Waals surface area contributed by atoms with Gasteiger partial charge in [-0.15, -0.1) is 0 Å². The van der Waals surface area contributed by atoms with Crippen molar-refractivity contribution in [2.75, 3.05) is 11.9 Å². The predicted octanol–water partition coefficient (Wildman–Crippen LogP) is 6.08. The average molecular weight is 535 g/mol. The monoisotopic (exact) mass is 534 g/mol. The van der Waals surface area contributed by atoms with Crippen molar-refractivity contribution in [3.05, 3.63) is 82.1 Å². The van der Waals surface area contributed by atoms with E-state index in [1.54, 1.807) is 6.92 Å². The van der Waals surface area contributed by atoms with E-state index in [-0.39, 0.29) is 45.5 Å². The van der Waals surface area contributed by atoms with Gasteiger partial charge in [0.15, 0.2) is 0 Å². The fourth-order valence-corrected chi connectivity index (χ4v) is 3.31. The molecule has 8 nitrogen and oxygen atoms in total. The maximum Gasteiger partial charge on any atom is 0.433 e. The molecule has 12 heteroatoms. The number of benzene rings is 2. The molecule has 0 bridgehead atoms. The lowest BCUT2D eigenvalue weighted by molar-refractivity contribution is -0.113. The molecule has 0 fully saturated rings. The molecule has 1 aromatic heterocycles. The Morgan fingerprint density at radius 2 is 1.86 bits per heavy atom. The zero-order valence-electron chi connectivity index (χ0n) is 19.0. The van der Waals surface area contributed by atoms with Crippen molar-refractivity contribution in [2.24, 2.45) is 0 Å². The highest BCUT2D eigenvalue weighted by atomic mass is 35.5. The van der Waals surface area contributed by atoms with Gasteiger partial charge in [0.25, 0.3) is 5.91 Å². The van der Waals surface area contributed by atoms with Gasteiger partial charge in [0, 0.05) is 11.3 Å². The number of nitrogens with one attached hydrogen (secondary N) is 2. The minimum Gasteiger partial charge on any atom is -0.478 e. The van der Waals surface area contributed by atoms with Crippen LogP contribution in [0.4, 0.5) is 18.9 Å². The standard InChI is InChI=1S/C25H18ClF3N2O6/c1-2-36-24(35)14-4-3-5-15(10-14)31-22(32)18(21(30)25(27,28)29)12-16-7-9-20(37-16)13-6-8-19(26)17(11-13)23(33)34/h3-12,30H,2H2,1H3,(H,31,32)(H,33,34)/b18-12-,30-21?. The van der Waals surface area contributed by atoms with Crippen LogP contribution in [0, 0.1) is 5.41 Å². The van der Waals surface area contributed by atoms with Gasteiger partial charge in [-0.05, 0) is 61.5 Å². The van der Waals surface area contributed by atoms with Crippen LogP contribution in [-0.4, -0.2) is 41.4 Å². The lowest BCUT2D eigenvalue weighted by atomic mass is 10.1. The first-order chi connectivity index (χ1) is 17.4. The van der Waals surface area contributed by atoms with Crippen molar-refractivity contribution in [3.8, 4) is 11.3 Å². The molecule has 0 spiro atoms. The molecule has 37 heavy (non-hydrogen) atoms. The van der Waals surface area contributed by atoms with Crippen molar-refractivity contribution in [1.29, 1.82) is 5.41 Å². The van der Waals surface area contributed by atoms with E-state index in [1.807, 2.05) is 0 Å². The van der Waals surface area contributed by atoms with Gasteiger partial charge in [0.1, 0.15) is 17.2 Å². The number of hydrogen-bond acceptors (Lipinski definition) is 6. The van der Waals surface area contributed by atoms with Gasteiger partial charge >= 0.3 is 18.1 Å². The summed E-state index contributed by atoms with van der Waals surface area (Å²) in [6.45, 7) is 1.70. The minimum absolute atomic E-state index is 0.000995. The van der Waals surface area contributed by atoms with Crippen LogP contribution in [0.1, 0.15) is 33.4 Å². The van der Waals surface area contributed by atoms with Crippen LogP contribution in [-0.2, 0) is 9.53 Å². The number of carboxylic acid groups (broad SMARTS) is 1. The maximum absolute atomic E-state index is 13.4. The Bertz CT molecular complexity index is 1410. The number of carbonyl (C=O) groups excluding carboxylic acids is 2. The molecule has 0 radical (unpaired) electrons. The molecule has 0 saturated heterocycles. The van der Waals surface area contributed by atoms with Crippen LogP contribution >= 0.6 is 11.6 Å². The molecule has 0 unspecified atom stereocenters. The Labute approximate surface area is 212 Å². The van der Waals surface area contributed by atoms with Crippen molar-refractivity contribution >= 4 is 46.9 Å². The van der Waals surface area contributed by atoms with Gasteiger partial charge in [-0.2, -0.15) is 13.2 Å². The number of ether oxygens (including phenoxy) is 1. The summed E-state index contributed by atoms with van der Waals surface area (Å²) in [5, 5.41) is 19.0. The largest absolute Gasteiger partial charge is 0.478 e. The molecular formula is C25H18ClF3N2O6. The van der Waals surface area contributed by atoms with Crippen LogP contribution in [0.2, 0.25) is 5.02 Å². The summed E-state index contributed by atoms with van der Waals surface area (Å²) < 4.78 is 50.5. The summed E-state index contributed by atoms with van der Waals surface area (Å²) in [6.07, 6.45) is -4.42. The number of esters is 1. The lowest BCUT2D eigenvalue weighted by Crippen LogP contribution is -2.30. The number of rotatable bonds is 8. The zero-order valence-corrected chi connectivity index (χ0v) is 19.7. The van der Waals surface area contributed by atoms with Crippen LogP contribution < -0.4 is 5.32 Å². The summed E-state index contributed by atoms with van der Waals surface area (Å²) in [5.74, 6) is -3.37. The van der Waals surface area contributed by atoms with Crippen LogP contribution in [0.3, 0.4) is 0 Å². The molecular weight excluding hydrogens is 517 g/mol. The first kappa shape index (κ1) is 27.2. The van der Waals surface area contributed by atoms with Gasteiger partial charge in [-0.3, -0.25) is 10.2 Å². The van der Waals surface area contributed by atoms with Crippen molar-refractivity contribution in [2.45, 2.75) is 13.1 Å². The van der Waals surface area contributed by atoms with Crippen molar-refractivity contribution in [3.63, 3.8) is 0 Å².